The van der Waals surface area contributed by atoms with Gasteiger partial charge in [0.2, 0.25) is 0 Å². The van der Waals surface area contributed by atoms with E-state index in [9.17, 15) is 0 Å². The van der Waals surface area contributed by atoms with Crippen LogP contribution < -0.4 is 6.15 Å². The highest BCUT2D eigenvalue weighted by atomic mass is 28.3. The van der Waals surface area contributed by atoms with Crippen molar-refractivity contribution in [3.05, 3.63) is 0 Å². The lowest BCUT2D eigenvalue weighted by molar-refractivity contribution is 0.437. The standard InChI is InChI=1S/C8H19NSi.H3N/c1-5-9-6-8(2)7-10(9,3)4;/h8H,5-7H2,1-4H3;1H3. The number of nitrogens with zero attached hydrogens (tertiary/aromatic N) is 1. The molecule has 0 saturated carbocycles. The molecule has 0 bridgehead atoms. The van der Waals surface area contributed by atoms with Gasteiger partial charge < -0.3 is 10.7 Å². The molecule has 1 fully saturated rings. The molecule has 1 atom stereocenters. The molecule has 1 unspecified atom stereocenters. The van der Waals surface area contributed by atoms with Gasteiger partial charge in [-0.2, -0.15) is 0 Å². The lowest BCUT2D eigenvalue weighted by Gasteiger charge is -2.27. The fourth-order valence-corrected chi connectivity index (χ4v) is 5.98. The molecule has 0 amide bonds. The zero-order valence-electron chi connectivity index (χ0n) is 8.35. The lowest BCUT2D eigenvalue weighted by atomic mass is 10.2. The molecule has 1 aliphatic rings. The average molecular weight is 174 g/mol. The Morgan fingerprint density at radius 3 is 2.18 bits per heavy atom. The quantitative estimate of drug-likeness (QED) is 0.620. The summed E-state index contributed by atoms with van der Waals surface area (Å²) >= 11 is 0. The van der Waals surface area contributed by atoms with E-state index in [1.54, 1.807) is 0 Å². The van der Waals surface area contributed by atoms with Gasteiger partial charge in [-0.25, -0.2) is 0 Å². The van der Waals surface area contributed by atoms with E-state index in [4.69, 9.17) is 0 Å². The summed E-state index contributed by atoms with van der Waals surface area (Å²) in [5.41, 5.74) is 0. The SMILES string of the molecule is CCN1CC(C)C[Si]1(C)C.N. The van der Waals surface area contributed by atoms with Crippen molar-refractivity contribution in [3.8, 4) is 0 Å². The molecule has 0 spiro atoms. The second kappa shape index (κ2) is 3.69. The molecule has 3 N–H and O–H groups in total. The van der Waals surface area contributed by atoms with E-state index < -0.39 is 8.24 Å². The third-order valence-electron chi connectivity index (χ3n) is 2.62. The second-order valence-corrected chi connectivity index (χ2v) is 8.83. The number of hydrogen-bond acceptors (Lipinski definition) is 2. The summed E-state index contributed by atoms with van der Waals surface area (Å²) in [5.74, 6) is 0.960. The molecular formula is C8H22N2Si. The van der Waals surface area contributed by atoms with Crippen LogP contribution in [0.5, 0.6) is 0 Å². The van der Waals surface area contributed by atoms with Crippen LogP contribution >= 0.6 is 0 Å². The molecule has 68 valence electrons. The highest BCUT2D eigenvalue weighted by molar-refractivity contribution is 6.75. The van der Waals surface area contributed by atoms with E-state index in [0.29, 0.717) is 0 Å². The largest absolute Gasteiger partial charge is 0.344 e. The van der Waals surface area contributed by atoms with Gasteiger partial charge in [-0.3, -0.25) is 0 Å². The first-order valence-corrected chi connectivity index (χ1v) is 7.46. The predicted octanol–water partition coefficient (Wildman–Crippen LogP) is 2.33. The minimum Gasteiger partial charge on any atom is -0.344 e. The van der Waals surface area contributed by atoms with E-state index in [1.165, 1.54) is 19.1 Å². The maximum Gasteiger partial charge on any atom is 0.122 e. The van der Waals surface area contributed by atoms with Gasteiger partial charge in [0.15, 0.2) is 0 Å². The van der Waals surface area contributed by atoms with Crippen molar-refractivity contribution in [2.75, 3.05) is 13.1 Å². The van der Waals surface area contributed by atoms with Gasteiger partial charge in [0.25, 0.3) is 0 Å². The normalized spacial score (nSPS) is 30.0. The maximum atomic E-state index is 2.71. The van der Waals surface area contributed by atoms with Crippen LogP contribution in [0.2, 0.25) is 19.1 Å². The molecule has 11 heavy (non-hydrogen) atoms. The van der Waals surface area contributed by atoms with E-state index in [1.807, 2.05) is 0 Å². The van der Waals surface area contributed by atoms with Crippen molar-refractivity contribution in [2.45, 2.75) is 33.0 Å². The molecule has 1 rings (SSSR count). The Balaban J connectivity index is 0.000001000. The third kappa shape index (κ3) is 2.29. The highest BCUT2D eigenvalue weighted by Gasteiger charge is 2.36. The first-order chi connectivity index (χ1) is 4.56. The third-order valence-corrected chi connectivity index (χ3v) is 6.52. The first kappa shape index (κ1) is 11.1. The summed E-state index contributed by atoms with van der Waals surface area (Å²) in [6.07, 6.45) is 0. The molecule has 0 aromatic rings. The van der Waals surface area contributed by atoms with Crippen molar-refractivity contribution < 1.29 is 0 Å². The van der Waals surface area contributed by atoms with Crippen LogP contribution in [0.4, 0.5) is 0 Å². The smallest absolute Gasteiger partial charge is 0.122 e. The van der Waals surface area contributed by atoms with Crippen molar-refractivity contribution in [1.82, 2.24) is 10.7 Å². The van der Waals surface area contributed by atoms with Gasteiger partial charge in [0.1, 0.15) is 8.24 Å². The van der Waals surface area contributed by atoms with Crippen LogP contribution in [-0.2, 0) is 0 Å². The summed E-state index contributed by atoms with van der Waals surface area (Å²) in [6.45, 7) is 12.3. The fourth-order valence-electron chi connectivity index (χ4n) is 2.23. The van der Waals surface area contributed by atoms with E-state index >= 15 is 0 Å². The molecule has 0 radical (unpaired) electrons. The lowest BCUT2D eigenvalue weighted by Crippen LogP contribution is -2.42. The minimum atomic E-state index is -0.899. The van der Waals surface area contributed by atoms with E-state index in [-0.39, 0.29) is 6.15 Å². The van der Waals surface area contributed by atoms with Crippen molar-refractivity contribution in [2.24, 2.45) is 5.92 Å². The van der Waals surface area contributed by atoms with Gasteiger partial charge in [-0.1, -0.05) is 26.9 Å². The average Bonchev–Trinajstić information content (AvgIpc) is 2.04. The van der Waals surface area contributed by atoms with E-state index in [0.717, 1.165) is 5.92 Å². The Morgan fingerprint density at radius 1 is 1.45 bits per heavy atom. The Labute approximate surface area is 71.6 Å². The molecule has 0 aliphatic carbocycles. The molecule has 1 heterocycles. The van der Waals surface area contributed by atoms with Crippen LogP contribution in [0.15, 0.2) is 0 Å². The Morgan fingerprint density at radius 2 is 2.00 bits per heavy atom. The minimum absolute atomic E-state index is 0. The Hall–Kier alpha value is 0.137. The summed E-state index contributed by atoms with van der Waals surface area (Å²) in [4.78, 5) is 0. The van der Waals surface area contributed by atoms with Gasteiger partial charge in [0, 0.05) is 0 Å². The van der Waals surface area contributed by atoms with Gasteiger partial charge in [-0.15, -0.1) is 0 Å². The number of rotatable bonds is 1. The predicted molar refractivity (Wildman–Crippen MR) is 53.7 cm³/mol. The molecule has 1 saturated heterocycles. The van der Waals surface area contributed by atoms with Crippen molar-refractivity contribution >= 4 is 8.24 Å². The van der Waals surface area contributed by atoms with Crippen LogP contribution in [0.1, 0.15) is 13.8 Å². The maximum absolute atomic E-state index is 2.71. The van der Waals surface area contributed by atoms with Crippen molar-refractivity contribution in [1.29, 1.82) is 0 Å². The Kier molecular flexibility index (Phi) is 3.74. The van der Waals surface area contributed by atoms with E-state index in [2.05, 4.69) is 31.5 Å². The first-order valence-electron chi connectivity index (χ1n) is 4.31. The van der Waals surface area contributed by atoms with Crippen LogP contribution in [0.3, 0.4) is 0 Å². The van der Waals surface area contributed by atoms with Gasteiger partial charge in [0.05, 0.1) is 0 Å². The number of hydrogen-bond donors (Lipinski definition) is 1. The van der Waals surface area contributed by atoms with Crippen LogP contribution in [-0.4, -0.2) is 25.9 Å². The molecule has 1 aliphatic heterocycles. The van der Waals surface area contributed by atoms with Gasteiger partial charge >= 0.3 is 0 Å². The molecule has 0 aromatic carbocycles. The van der Waals surface area contributed by atoms with Crippen LogP contribution in [0.25, 0.3) is 0 Å². The second-order valence-electron chi connectivity index (χ2n) is 4.16. The molecule has 0 aromatic heterocycles. The molecule has 3 heteroatoms. The monoisotopic (exact) mass is 174 g/mol. The highest BCUT2D eigenvalue weighted by Crippen LogP contribution is 2.29. The zero-order valence-corrected chi connectivity index (χ0v) is 9.35. The summed E-state index contributed by atoms with van der Waals surface area (Å²) in [5, 5.41) is 0. The molecular weight excluding hydrogens is 152 g/mol. The molecule has 2 nitrogen and oxygen atoms in total. The summed E-state index contributed by atoms with van der Waals surface area (Å²) < 4.78 is 2.71. The topological polar surface area (TPSA) is 38.2 Å². The fraction of sp³-hybridized carbons (Fsp3) is 1.00. The van der Waals surface area contributed by atoms with Crippen LogP contribution in [0, 0.1) is 5.92 Å². The summed E-state index contributed by atoms with van der Waals surface area (Å²) in [6, 6.07) is 1.50. The summed E-state index contributed by atoms with van der Waals surface area (Å²) in [7, 11) is -0.899. The van der Waals surface area contributed by atoms with Crippen molar-refractivity contribution in [3.63, 3.8) is 0 Å². The Bertz CT molecular complexity index is 125. The zero-order chi connectivity index (χ0) is 7.78. The van der Waals surface area contributed by atoms with Gasteiger partial charge in [-0.05, 0) is 25.1 Å².